The number of benzene rings is 1. The van der Waals surface area contributed by atoms with E-state index in [2.05, 4.69) is 38.6 Å². The lowest BCUT2D eigenvalue weighted by Gasteiger charge is -2.29. The molecular weight excluding hydrogens is 350 g/mol. The number of hydrogen-bond acceptors (Lipinski definition) is 5. The number of hydrogen-bond donors (Lipinski definition) is 3. The van der Waals surface area contributed by atoms with Crippen LogP contribution in [0.4, 0.5) is 11.5 Å². The predicted molar refractivity (Wildman–Crippen MR) is 115 cm³/mol. The Bertz CT molecular complexity index is 974. The van der Waals surface area contributed by atoms with Gasteiger partial charge >= 0.3 is 0 Å². The van der Waals surface area contributed by atoms with Crippen LogP contribution in [0, 0.1) is 5.92 Å². The summed E-state index contributed by atoms with van der Waals surface area (Å²) >= 11 is 0. The minimum Gasteiger partial charge on any atom is -0.381 e. The Kier molecular flexibility index (Phi) is 5.58. The molecule has 0 atom stereocenters. The molecular formula is C22H27N5O. The summed E-state index contributed by atoms with van der Waals surface area (Å²) < 4.78 is 0. The third-order valence-corrected chi connectivity index (χ3v) is 5.47. The first-order valence-corrected chi connectivity index (χ1v) is 9.89. The molecule has 1 aliphatic heterocycles. The largest absolute Gasteiger partial charge is 0.381 e. The van der Waals surface area contributed by atoms with Crippen LogP contribution >= 0.6 is 0 Å². The van der Waals surface area contributed by atoms with Crippen molar-refractivity contribution < 1.29 is 0 Å². The number of rotatable bonds is 6. The highest BCUT2D eigenvalue weighted by atomic mass is 16.1. The molecule has 1 fully saturated rings. The van der Waals surface area contributed by atoms with Gasteiger partial charge < -0.3 is 20.5 Å². The van der Waals surface area contributed by atoms with E-state index in [1.54, 1.807) is 12.3 Å². The van der Waals surface area contributed by atoms with Gasteiger partial charge in [0.15, 0.2) is 0 Å². The molecule has 146 valence electrons. The Balaban J connectivity index is 1.30. The van der Waals surface area contributed by atoms with Gasteiger partial charge in [-0.25, -0.2) is 4.98 Å². The predicted octanol–water partition coefficient (Wildman–Crippen LogP) is 3.29. The van der Waals surface area contributed by atoms with Crippen LogP contribution in [-0.2, 0) is 6.54 Å². The van der Waals surface area contributed by atoms with E-state index >= 15 is 0 Å². The Hall–Kier alpha value is -2.86. The van der Waals surface area contributed by atoms with Gasteiger partial charge in [-0.1, -0.05) is 12.1 Å². The van der Waals surface area contributed by atoms with Crippen LogP contribution in [0.25, 0.3) is 10.8 Å². The molecule has 1 saturated heterocycles. The zero-order valence-corrected chi connectivity index (χ0v) is 16.2. The second kappa shape index (κ2) is 8.44. The fraction of sp³-hybridized carbons (Fsp3) is 0.364. The van der Waals surface area contributed by atoms with Crippen molar-refractivity contribution >= 4 is 22.3 Å². The van der Waals surface area contributed by atoms with E-state index in [-0.39, 0.29) is 5.56 Å². The summed E-state index contributed by atoms with van der Waals surface area (Å²) in [6.07, 6.45) is 6.16. The number of H-pyrrole nitrogens is 1. The minimum absolute atomic E-state index is 0.0859. The normalized spacial score (nSPS) is 15.6. The second-order valence-electron chi connectivity index (χ2n) is 7.67. The van der Waals surface area contributed by atoms with E-state index in [9.17, 15) is 4.79 Å². The first kappa shape index (κ1) is 18.5. The average Bonchev–Trinajstić information content (AvgIpc) is 2.72. The molecule has 3 N–H and O–H groups in total. The third-order valence-electron chi connectivity index (χ3n) is 5.47. The molecule has 0 saturated carbocycles. The van der Waals surface area contributed by atoms with Crippen molar-refractivity contribution in [1.82, 2.24) is 14.9 Å². The molecule has 3 heterocycles. The monoisotopic (exact) mass is 377 g/mol. The molecule has 3 aromatic rings. The molecule has 0 unspecified atom stereocenters. The van der Waals surface area contributed by atoms with Crippen molar-refractivity contribution in [3.05, 3.63) is 64.7 Å². The number of fused-ring (bicyclic) bond motifs is 1. The van der Waals surface area contributed by atoms with Gasteiger partial charge in [0.05, 0.1) is 0 Å². The van der Waals surface area contributed by atoms with Gasteiger partial charge in [-0.15, -0.1) is 0 Å². The maximum Gasteiger partial charge on any atom is 0.248 e. The van der Waals surface area contributed by atoms with Gasteiger partial charge in [0.2, 0.25) is 5.56 Å². The van der Waals surface area contributed by atoms with Crippen LogP contribution < -0.4 is 16.2 Å². The van der Waals surface area contributed by atoms with E-state index < -0.39 is 0 Å². The zero-order valence-electron chi connectivity index (χ0n) is 16.2. The second-order valence-corrected chi connectivity index (χ2v) is 7.67. The smallest absolute Gasteiger partial charge is 0.248 e. The molecule has 0 bridgehead atoms. The number of aromatic amines is 1. The molecule has 6 nitrogen and oxygen atoms in total. The average molecular weight is 377 g/mol. The molecule has 0 radical (unpaired) electrons. The Morgan fingerprint density at radius 2 is 1.96 bits per heavy atom. The zero-order chi connectivity index (χ0) is 19.3. The number of anilines is 2. The van der Waals surface area contributed by atoms with E-state index in [0.717, 1.165) is 40.3 Å². The molecule has 4 rings (SSSR count). The van der Waals surface area contributed by atoms with Gasteiger partial charge in [-0.2, -0.15) is 0 Å². The van der Waals surface area contributed by atoms with Crippen molar-refractivity contribution in [3.8, 4) is 0 Å². The van der Waals surface area contributed by atoms with Gasteiger partial charge in [0.1, 0.15) is 5.82 Å². The topological polar surface area (TPSA) is 73.0 Å². The minimum atomic E-state index is -0.0859. The summed E-state index contributed by atoms with van der Waals surface area (Å²) in [4.78, 5) is 21.1. The third kappa shape index (κ3) is 4.70. The summed E-state index contributed by atoms with van der Waals surface area (Å²) in [5.41, 5.74) is 2.02. The maximum atomic E-state index is 11.5. The van der Waals surface area contributed by atoms with Crippen LogP contribution in [-0.4, -0.2) is 41.5 Å². The molecule has 28 heavy (non-hydrogen) atoms. The fourth-order valence-electron chi connectivity index (χ4n) is 3.63. The Morgan fingerprint density at radius 1 is 1.11 bits per heavy atom. The number of likely N-dealkylation sites (tertiary alicyclic amines) is 1. The standard InChI is InChI=1S/C22H27N5O/c1-27-8-6-16(7-9-27)12-24-21-5-2-17(14-25-21)13-23-20-4-3-18-15-26-22(28)11-19(18)10-20/h2-5,10-11,14-16,23H,6-9,12-13H2,1H3,(H,24,25)(H,26,28). The van der Waals surface area contributed by atoms with Crippen molar-refractivity contribution in [3.63, 3.8) is 0 Å². The number of pyridine rings is 2. The summed E-state index contributed by atoms with van der Waals surface area (Å²) in [5.74, 6) is 1.67. The van der Waals surface area contributed by atoms with E-state index in [1.165, 1.54) is 25.9 Å². The lowest BCUT2D eigenvalue weighted by Crippen LogP contribution is -2.33. The molecule has 0 spiro atoms. The van der Waals surface area contributed by atoms with Gasteiger partial charge in [0.25, 0.3) is 0 Å². The quantitative estimate of drug-likeness (QED) is 0.615. The first-order chi connectivity index (χ1) is 13.7. The number of aromatic nitrogens is 2. The summed E-state index contributed by atoms with van der Waals surface area (Å²) in [7, 11) is 2.19. The highest BCUT2D eigenvalue weighted by Crippen LogP contribution is 2.19. The number of piperidine rings is 1. The van der Waals surface area contributed by atoms with Crippen LogP contribution in [0.2, 0.25) is 0 Å². The van der Waals surface area contributed by atoms with E-state index in [4.69, 9.17) is 0 Å². The lowest BCUT2D eigenvalue weighted by atomic mass is 9.97. The molecule has 2 aromatic heterocycles. The summed E-state index contributed by atoms with van der Waals surface area (Å²) in [6.45, 7) is 4.06. The number of nitrogens with one attached hydrogen (secondary N) is 3. The van der Waals surface area contributed by atoms with Gasteiger partial charge in [-0.05, 0) is 73.4 Å². The Labute approximate surface area is 165 Å². The van der Waals surface area contributed by atoms with Crippen molar-refractivity contribution in [2.75, 3.05) is 37.3 Å². The van der Waals surface area contributed by atoms with E-state index in [0.29, 0.717) is 6.54 Å². The molecule has 1 aliphatic rings. The highest BCUT2D eigenvalue weighted by Gasteiger charge is 2.16. The molecule has 0 aliphatic carbocycles. The van der Waals surface area contributed by atoms with Gasteiger partial charge in [0, 0.05) is 37.2 Å². The lowest BCUT2D eigenvalue weighted by molar-refractivity contribution is 0.226. The van der Waals surface area contributed by atoms with Crippen LogP contribution in [0.3, 0.4) is 0 Å². The first-order valence-electron chi connectivity index (χ1n) is 9.89. The van der Waals surface area contributed by atoms with Crippen LogP contribution in [0.1, 0.15) is 18.4 Å². The van der Waals surface area contributed by atoms with E-state index in [1.807, 2.05) is 30.5 Å². The van der Waals surface area contributed by atoms with Crippen molar-refractivity contribution in [1.29, 1.82) is 0 Å². The van der Waals surface area contributed by atoms with Crippen molar-refractivity contribution in [2.45, 2.75) is 19.4 Å². The van der Waals surface area contributed by atoms with Gasteiger partial charge in [-0.3, -0.25) is 4.79 Å². The number of nitrogens with zero attached hydrogens (tertiary/aromatic N) is 2. The molecule has 1 aromatic carbocycles. The SMILES string of the molecule is CN1CCC(CNc2ccc(CNc3ccc4c[nH]c(=O)cc4c3)cn2)CC1. The highest BCUT2D eigenvalue weighted by molar-refractivity contribution is 5.84. The maximum absolute atomic E-state index is 11.5. The van der Waals surface area contributed by atoms with Crippen LogP contribution in [0.5, 0.6) is 0 Å². The Morgan fingerprint density at radius 3 is 2.75 bits per heavy atom. The molecule has 6 heteroatoms. The fourth-order valence-corrected chi connectivity index (χ4v) is 3.63. The summed E-state index contributed by atoms with van der Waals surface area (Å²) in [5, 5.41) is 8.83. The molecule has 0 amide bonds. The summed E-state index contributed by atoms with van der Waals surface area (Å²) in [6, 6.07) is 11.8. The van der Waals surface area contributed by atoms with Crippen molar-refractivity contribution in [2.24, 2.45) is 5.92 Å². The van der Waals surface area contributed by atoms with Crippen LogP contribution in [0.15, 0.2) is 53.6 Å².